The molecule has 0 aromatic heterocycles. The molecule has 76 valence electrons. The van der Waals surface area contributed by atoms with Crippen molar-refractivity contribution in [2.45, 2.75) is 18.6 Å². The summed E-state index contributed by atoms with van der Waals surface area (Å²) in [5.74, 6) is 0. The second-order valence-corrected chi connectivity index (χ2v) is 4.91. The maximum atomic E-state index is 5.87. The van der Waals surface area contributed by atoms with Crippen LogP contribution < -0.4 is 0 Å². The quantitative estimate of drug-likeness (QED) is 0.406. The van der Waals surface area contributed by atoms with E-state index in [0.29, 0.717) is 0 Å². The van der Waals surface area contributed by atoms with E-state index >= 15 is 0 Å². The molecule has 5 heteroatoms. The molecule has 0 saturated carbocycles. The van der Waals surface area contributed by atoms with Gasteiger partial charge >= 0.3 is 0 Å². The van der Waals surface area contributed by atoms with Crippen molar-refractivity contribution in [2.24, 2.45) is 0 Å². The molecule has 13 heavy (non-hydrogen) atoms. The molecule has 2 aliphatic heterocycles. The average molecular weight is 220 g/mol. The molecule has 0 aromatic rings. The number of ether oxygens (including phenoxy) is 1. The number of rotatable bonds is 1. The minimum atomic E-state index is -0.0422. The van der Waals surface area contributed by atoms with Gasteiger partial charge in [0.05, 0.1) is 6.61 Å². The lowest BCUT2D eigenvalue weighted by atomic mass is 10.0. The van der Waals surface area contributed by atoms with Gasteiger partial charge in [0.15, 0.2) is 0 Å². The Morgan fingerprint density at radius 2 is 2.31 bits per heavy atom. The van der Waals surface area contributed by atoms with E-state index in [1.165, 1.54) is 23.9 Å². The molecule has 0 aromatic carbocycles. The van der Waals surface area contributed by atoms with Gasteiger partial charge in [0, 0.05) is 13.1 Å². The number of thiol groups is 1. The molecule has 0 amide bonds. The smallest absolute Gasteiger partial charge is 0.144 e. The van der Waals surface area contributed by atoms with Gasteiger partial charge in [-0.15, -0.1) is 0 Å². The molecule has 1 unspecified atom stereocenters. The number of piperidine rings is 1. The van der Waals surface area contributed by atoms with Crippen LogP contribution in [0.5, 0.6) is 0 Å². The van der Waals surface area contributed by atoms with Crippen LogP contribution in [0.15, 0.2) is 0 Å². The molecule has 2 heterocycles. The molecular weight excluding hydrogens is 204 g/mol. The molecule has 0 aliphatic carbocycles. The Hall–Kier alpha value is 0.580. The lowest BCUT2D eigenvalue weighted by molar-refractivity contribution is -0.0889. The topological polar surface area (TPSA) is 15.7 Å². The van der Waals surface area contributed by atoms with E-state index in [1.807, 2.05) is 0 Å². The highest BCUT2D eigenvalue weighted by Gasteiger charge is 2.44. The zero-order valence-electron chi connectivity index (χ0n) is 7.90. The highest BCUT2D eigenvalue weighted by molar-refractivity contribution is 8.67. The fourth-order valence-corrected chi connectivity index (χ4v) is 3.43. The summed E-state index contributed by atoms with van der Waals surface area (Å²) >= 11 is 4.27. The molecule has 1 atom stereocenters. The largest absolute Gasteiger partial charge is 0.357 e. The normalized spacial score (nSPS) is 37.4. The molecule has 0 bridgehead atoms. The van der Waals surface area contributed by atoms with Crippen molar-refractivity contribution in [1.29, 1.82) is 0 Å². The second kappa shape index (κ2) is 3.98. The Balaban J connectivity index is 2.08. The third kappa shape index (κ3) is 1.85. The molecule has 2 aliphatic rings. The third-order valence-electron chi connectivity index (χ3n) is 2.84. The van der Waals surface area contributed by atoms with Crippen LogP contribution in [0, 0.1) is 0 Å². The fourth-order valence-electron chi connectivity index (χ4n) is 2.24. The summed E-state index contributed by atoms with van der Waals surface area (Å²) in [4.78, 5) is 2.34. The van der Waals surface area contributed by atoms with Crippen molar-refractivity contribution in [3.63, 3.8) is 0 Å². The zero-order valence-corrected chi connectivity index (χ0v) is 9.61. The molecule has 3 nitrogen and oxygen atoms in total. The molecular formula is C8H16N2OS2. The first-order valence-electron chi connectivity index (χ1n) is 4.68. The van der Waals surface area contributed by atoms with Gasteiger partial charge in [-0.1, -0.05) is 11.7 Å². The first kappa shape index (κ1) is 10.1. The first-order valence-corrected chi connectivity index (χ1v) is 6.51. The highest BCUT2D eigenvalue weighted by atomic mass is 33.1. The van der Waals surface area contributed by atoms with Gasteiger partial charge < -0.3 is 9.64 Å². The summed E-state index contributed by atoms with van der Waals surface area (Å²) < 4.78 is 8.14. The molecule has 1 spiro atoms. The summed E-state index contributed by atoms with van der Waals surface area (Å²) in [6, 6.07) is 0. The average Bonchev–Trinajstić information content (AvgIpc) is 2.47. The summed E-state index contributed by atoms with van der Waals surface area (Å²) in [5.41, 5.74) is -0.0422. The van der Waals surface area contributed by atoms with Gasteiger partial charge in [-0.05, 0) is 37.4 Å². The maximum absolute atomic E-state index is 5.87. The number of hydrogen-bond donors (Lipinski definition) is 1. The van der Waals surface area contributed by atoms with Crippen molar-refractivity contribution in [1.82, 2.24) is 9.21 Å². The van der Waals surface area contributed by atoms with E-state index in [4.69, 9.17) is 4.74 Å². The molecule has 0 N–H and O–H groups in total. The SMILES string of the molecule is CN1CCCC2(C1)OCCN2SS. The Labute approximate surface area is 88.7 Å². The fraction of sp³-hybridized carbons (Fsp3) is 1.00. The highest BCUT2D eigenvalue weighted by Crippen LogP contribution is 2.37. The van der Waals surface area contributed by atoms with Crippen molar-refractivity contribution in [2.75, 3.05) is 33.3 Å². The van der Waals surface area contributed by atoms with E-state index in [9.17, 15) is 0 Å². The van der Waals surface area contributed by atoms with Crippen LogP contribution in [0.3, 0.4) is 0 Å². The summed E-state index contributed by atoms with van der Waals surface area (Å²) in [7, 11) is 3.67. The molecule has 2 fully saturated rings. The van der Waals surface area contributed by atoms with Crippen molar-refractivity contribution in [3.05, 3.63) is 0 Å². The van der Waals surface area contributed by atoms with E-state index < -0.39 is 0 Å². The van der Waals surface area contributed by atoms with Gasteiger partial charge in [-0.3, -0.25) is 0 Å². The third-order valence-corrected chi connectivity index (χ3v) is 4.15. The van der Waals surface area contributed by atoms with Gasteiger partial charge in [0.2, 0.25) is 0 Å². The van der Waals surface area contributed by atoms with E-state index in [-0.39, 0.29) is 5.72 Å². The number of hydrogen-bond acceptors (Lipinski definition) is 5. The number of nitrogens with zero attached hydrogens (tertiary/aromatic N) is 2. The lowest BCUT2D eigenvalue weighted by Crippen LogP contribution is -2.53. The Bertz CT molecular complexity index is 193. The Morgan fingerprint density at radius 3 is 3.00 bits per heavy atom. The van der Waals surface area contributed by atoms with E-state index in [2.05, 4.69) is 27.9 Å². The lowest BCUT2D eigenvalue weighted by Gasteiger charge is -2.41. The van der Waals surface area contributed by atoms with Gasteiger partial charge in [0.25, 0.3) is 0 Å². The first-order chi connectivity index (χ1) is 6.27. The van der Waals surface area contributed by atoms with Crippen LogP contribution in [0.4, 0.5) is 0 Å². The Morgan fingerprint density at radius 1 is 1.46 bits per heavy atom. The van der Waals surface area contributed by atoms with Crippen molar-refractivity contribution in [3.8, 4) is 0 Å². The van der Waals surface area contributed by atoms with Crippen molar-refractivity contribution < 1.29 is 4.74 Å². The molecule has 2 saturated heterocycles. The maximum Gasteiger partial charge on any atom is 0.144 e. The minimum Gasteiger partial charge on any atom is -0.357 e. The van der Waals surface area contributed by atoms with Crippen LogP contribution >= 0.6 is 22.6 Å². The molecule has 0 radical (unpaired) electrons. The van der Waals surface area contributed by atoms with Crippen LogP contribution in [0.2, 0.25) is 0 Å². The summed E-state index contributed by atoms with van der Waals surface area (Å²) in [6.45, 7) is 4.06. The zero-order chi connectivity index (χ0) is 9.31. The van der Waals surface area contributed by atoms with Crippen LogP contribution in [0.1, 0.15) is 12.8 Å². The predicted molar refractivity (Wildman–Crippen MR) is 58.7 cm³/mol. The number of likely N-dealkylation sites (tertiary alicyclic amines) is 1. The van der Waals surface area contributed by atoms with E-state index in [0.717, 1.165) is 26.1 Å². The molecule has 2 rings (SSSR count). The second-order valence-electron chi connectivity index (χ2n) is 3.82. The van der Waals surface area contributed by atoms with Gasteiger partial charge in [0.1, 0.15) is 5.72 Å². The number of likely N-dealkylation sites (N-methyl/N-ethyl adjacent to an activating group) is 1. The van der Waals surface area contributed by atoms with Crippen molar-refractivity contribution >= 4 is 22.6 Å². The van der Waals surface area contributed by atoms with E-state index in [1.54, 1.807) is 0 Å². The Kier molecular flexibility index (Phi) is 3.10. The monoisotopic (exact) mass is 220 g/mol. The van der Waals surface area contributed by atoms with Crippen LogP contribution in [-0.2, 0) is 4.74 Å². The summed E-state index contributed by atoms with van der Waals surface area (Å²) in [5, 5.41) is 0. The van der Waals surface area contributed by atoms with Gasteiger partial charge in [-0.25, -0.2) is 4.31 Å². The summed E-state index contributed by atoms with van der Waals surface area (Å²) in [6.07, 6.45) is 2.37. The van der Waals surface area contributed by atoms with Gasteiger partial charge in [-0.2, -0.15) is 0 Å². The standard InChI is InChI=1S/C8H16N2OS2/c1-9-4-2-3-8(7-9)10(13-12)5-6-11-8/h12H,2-7H2,1H3. The van der Waals surface area contributed by atoms with Crippen LogP contribution in [0.25, 0.3) is 0 Å². The predicted octanol–water partition coefficient (Wildman–Crippen LogP) is 1.23. The van der Waals surface area contributed by atoms with Crippen LogP contribution in [-0.4, -0.2) is 48.2 Å². The minimum absolute atomic E-state index is 0.0422.